The Bertz CT molecular complexity index is 1660. The molecule has 0 aromatic heterocycles. The number of halogens is 3. The maximum Gasteiger partial charge on any atom is 0.416 e. The van der Waals surface area contributed by atoms with Crippen LogP contribution in [0.1, 0.15) is 65.1 Å². The van der Waals surface area contributed by atoms with Gasteiger partial charge in [-0.2, -0.15) is 13.2 Å². The number of likely N-dealkylation sites (N-methyl/N-ethyl adjacent to an activating group) is 1. The number of ketones is 1. The first-order valence-corrected chi connectivity index (χ1v) is 14.5. The molecule has 0 bridgehead atoms. The number of aldehydes is 1. The predicted octanol–water partition coefficient (Wildman–Crippen LogP) is 6.59. The summed E-state index contributed by atoms with van der Waals surface area (Å²) in [5.74, 6) is -1.89. The number of anilines is 1. The Hall–Kier alpha value is -5.26. The molecule has 1 amide bonds. The summed E-state index contributed by atoms with van der Waals surface area (Å²) < 4.78 is 51.7. The molecule has 0 saturated heterocycles. The van der Waals surface area contributed by atoms with Crippen LogP contribution in [0.2, 0.25) is 0 Å². The number of nitrogens with zero attached hydrogens (tertiary/aromatic N) is 2. The third kappa shape index (κ3) is 10.1. The number of nitrogens with one attached hydrogen (secondary N) is 1. The van der Waals surface area contributed by atoms with Crippen LogP contribution in [0.5, 0.6) is 0 Å². The molecule has 0 aliphatic heterocycles. The van der Waals surface area contributed by atoms with Crippen molar-refractivity contribution in [2.45, 2.75) is 51.9 Å². The van der Waals surface area contributed by atoms with Crippen molar-refractivity contribution in [1.82, 2.24) is 5.01 Å². The summed E-state index contributed by atoms with van der Waals surface area (Å²) in [7, 11) is 2.67. The summed E-state index contributed by atoms with van der Waals surface area (Å²) in [6.07, 6.45) is -3.31. The van der Waals surface area contributed by atoms with Gasteiger partial charge in [0.05, 0.1) is 18.2 Å². The molecular weight excluding hydrogens is 615 g/mol. The van der Waals surface area contributed by atoms with Gasteiger partial charge in [0.2, 0.25) is 11.8 Å². The van der Waals surface area contributed by atoms with Crippen LogP contribution in [0.4, 0.5) is 18.9 Å². The molecule has 0 spiro atoms. The molecule has 3 aromatic rings. The maximum absolute atomic E-state index is 13.7. The summed E-state index contributed by atoms with van der Waals surface area (Å²) in [4.78, 5) is 50.2. The van der Waals surface area contributed by atoms with Crippen LogP contribution in [0.25, 0.3) is 5.57 Å². The molecule has 248 valence electrons. The summed E-state index contributed by atoms with van der Waals surface area (Å²) in [5.41, 5.74) is -0.792. The van der Waals surface area contributed by atoms with Gasteiger partial charge in [0, 0.05) is 30.3 Å². The number of benzene rings is 3. The number of hydrazone groups is 1. The van der Waals surface area contributed by atoms with Gasteiger partial charge in [-0.05, 0) is 81.3 Å². The zero-order chi connectivity index (χ0) is 34.9. The zero-order valence-corrected chi connectivity index (χ0v) is 26.8. The quantitative estimate of drug-likeness (QED) is 0.0474. The molecule has 1 unspecified atom stereocenters. The number of hydrogen-bond acceptors (Lipinski definition) is 8. The van der Waals surface area contributed by atoms with Gasteiger partial charge < -0.3 is 14.8 Å². The lowest BCUT2D eigenvalue weighted by molar-refractivity contribution is -0.137. The molecule has 1 atom stereocenters. The molecule has 0 radical (unpaired) electrons. The smallest absolute Gasteiger partial charge is 0.416 e. The van der Waals surface area contributed by atoms with Crippen LogP contribution < -0.4 is 5.32 Å². The SMILES string of the molecule is COC(=N/N(C)C(Cc1ccccc1)C(=O)Nc1ccc(C(=O)OC(C)(C)C)cc1)/C(=C\C=O)c1cc(C(F)(F)F)ccc1C(C)=O. The Labute approximate surface area is 271 Å². The van der Waals surface area contributed by atoms with Crippen molar-refractivity contribution in [1.29, 1.82) is 0 Å². The second kappa shape index (κ2) is 15.4. The van der Waals surface area contributed by atoms with Crippen LogP contribution in [0.3, 0.4) is 0 Å². The Morgan fingerprint density at radius 2 is 1.60 bits per heavy atom. The van der Waals surface area contributed by atoms with E-state index in [1.165, 1.54) is 38.2 Å². The Kier molecular flexibility index (Phi) is 11.8. The first-order valence-electron chi connectivity index (χ1n) is 14.5. The molecule has 12 heteroatoms. The minimum Gasteiger partial charge on any atom is -0.480 e. The molecule has 0 heterocycles. The fourth-order valence-electron chi connectivity index (χ4n) is 4.50. The van der Waals surface area contributed by atoms with E-state index >= 15 is 0 Å². The highest BCUT2D eigenvalue weighted by Crippen LogP contribution is 2.33. The predicted molar refractivity (Wildman–Crippen MR) is 172 cm³/mol. The van der Waals surface area contributed by atoms with E-state index in [9.17, 15) is 32.3 Å². The standard InChI is InChI=1S/C35H36F3N3O6/c1-22(43)27-17-14-25(35(36,37)38)21-29(27)28(18-19-42)32(46-6)40-41(5)30(20-23-10-8-7-9-11-23)31(44)39-26-15-12-24(13-16-26)33(45)47-34(2,3)4/h7-19,21,30H,20H2,1-6H3,(H,39,44)/b28-18-,40-32+. The number of carbonyl (C=O) groups is 4. The van der Waals surface area contributed by atoms with Gasteiger partial charge in [0.25, 0.3) is 0 Å². The number of rotatable bonds is 11. The van der Waals surface area contributed by atoms with Crippen molar-refractivity contribution in [3.8, 4) is 0 Å². The highest BCUT2D eigenvalue weighted by Gasteiger charge is 2.33. The van der Waals surface area contributed by atoms with Crippen LogP contribution in [0.15, 0.2) is 84.0 Å². The maximum atomic E-state index is 13.7. The second-order valence-corrected chi connectivity index (χ2v) is 11.5. The first-order chi connectivity index (χ1) is 22.0. The Balaban J connectivity index is 2.02. The Morgan fingerprint density at radius 3 is 2.13 bits per heavy atom. The monoisotopic (exact) mass is 651 g/mol. The van der Waals surface area contributed by atoms with E-state index in [1.54, 1.807) is 45.0 Å². The fourth-order valence-corrected chi connectivity index (χ4v) is 4.50. The third-order valence-corrected chi connectivity index (χ3v) is 6.74. The number of hydrogen-bond donors (Lipinski definition) is 1. The topological polar surface area (TPSA) is 114 Å². The van der Waals surface area contributed by atoms with Crippen molar-refractivity contribution in [2.24, 2.45) is 5.10 Å². The lowest BCUT2D eigenvalue weighted by Crippen LogP contribution is -2.41. The van der Waals surface area contributed by atoms with E-state index in [2.05, 4.69) is 10.4 Å². The number of methoxy groups -OCH3 is 1. The average Bonchev–Trinajstić information content (AvgIpc) is 3.00. The van der Waals surface area contributed by atoms with Crippen LogP contribution >= 0.6 is 0 Å². The summed E-state index contributed by atoms with van der Waals surface area (Å²) in [6, 6.07) is 16.7. The van der Waals surface area contributed by atoms with Gasteiger partial charge in [0.1, 0.15) is 17.9 Å². The molecule has 3 aromatic carbocycles. The van der Waals surface area contributed by atoms with Gasteiger partial charge >= 0.3 is 12.1 Å². The molecule has 0 saturated carbocycles. The van der Waals surface area contributed by atoms with Crippen LogP contribution in [-0.4, -0.2) is 60.7 Å². The van der Waals surface area contributed by atoms with E-state index < -0.39 is 41.0 Å². The van der Waals surface area contributed by atoms with Crippen molar-refractivity contribution < 1.29 is 41.8 Å². The lowest BCUT2D eigenvalue weighted by Gasteiger charge is -2.26. The number of allylic oxidation sites excluding steroid dienone is 1. The highest BCUT2D eigenvalue weighted by molar-refractivity contribution is 6.24. The molecule has 1 N–H and O–H groups in total. The molecule has 0 aliphatic carbocycles. The molecule has 9 nitrogen and oxygen atoms in total. The average molecular weight is 652 g/mol. The number of carbonyl (C=O) groups excluding carboxylic acids is 4. The van der Waals surface area contributed by atoms with Gasteiger partial charge in [-0.3, -0.25) is 19.4 Å². The van der Waals surface area contributed by atoms with E-state index in [0.29, 0.717) is 17.5 Å². The van der Waals surface area contributed by atoms with Crippen molar-refractivity contribution >= 4 is 41.1 Å². The van der Waals surface area contributed by atoms with Crippen molar-refractivity contribution in [3.63, 3.8) is 0 Å². The minimum absolute atomic E-state index is 0.0908. The lowest BCUT2D eigenvalue weighted by atomic mass is 9.94. The molecule has 0 fully saturated rings. The van der Waals surface area contributed by atoms with E-state index in [1.807, 2.05) is 18.2 Å². The van der Waals surface area contributed by atoms with E-state index in [0.717, 1.165) is 29.8 Å². The van der Waals surface area contributed by atoms with Crippen LogP contribution in [0, 0.1) is 0 Å². The first kappa shape index (κ1) is 36.2. The molecular formula is C35H36F3N3O6. The fraction of sp³-hybridized carbons (Fsp3) is 0.286. The van der Waals surface area contributed by atoms with Gasteiger partial charge in [-0.15, -0.1) is 5.10 Å². The van der Waals surface area contributed by atoms with E-state index in [4.69, 9.17) is 9.47 Å². The number of Topliss-reactive ketones (excluding diaryl/α,β-unsaturated/α-hetero) is 1. The van der Waals surface area contributed by atoms with Crippen molar-refractivity contribution in [2.75, 3.05) is 19.5 Å². The third-order valence-electron chi connectivity index (χ3n) is 6.74. The number of amides is 1. The van der Waals surface area contributed by atoms with Gasteiger partial charge in [0.15, 0.2) is 5.78 Å². The largest absolute Gasteiger partial charge is 0.480 e. The number of esters is 1. The summed E-state index contributed by atoms with van der Waals surface area (Å²) >= 11 is 0. The van der Waals surface area contributed by atoms with Gasteiger partial charge in [-0.1, -0.05) is 36.4 Å². The summed E-state index contributed by atoms with van der Waals surface area (Å²) in [6.45, 7) is 6.43. The molecule has 0 aliphatic rings. The van der Waals surface area contributed by atoms with Crippen LogP contribution in [-0.2, 0) is 31.7 Å². The van der Waals surface area contributed by atoms with E-state index in [-0.39, 0.29) is 29.0 Å². The Morgan fingerprint density at radius 1 is 0.957 bits per heavy atom. The second-order valence-electron chi connectivity index (χ2n) is 11.5. The minimum atomic E-state index is -4.73. The molecule has 3 rings (SSSR count). The zero-order valence-electron chi connectivity index (χ0n) is 26.8. The number of ether oxygens (including phenoxy) is 2. The highest BCUT2D eigenvalue weighted by atomic mass is 19.4. The van der Waals surface area contributed by atoms with Crippen molar-refractivity contribution in [3.05, 3.63) is 107 Å². The van der Waals surface area contributed by atoms with Gasteiger partial charge in [-0.25, -0.2) is 4.79 Å². The normalized spacial score (nSPS) is 13.0. The number of alkyl halides is 3. The molecule has 47 heavy (non-hydrogen) atoms. The summed E-state index contributed by atoms with van der Waals surface area (Å²) in [5, 5.41) is 8.46.